The van der Waals surface area contributed by atoms with Gasteiger partial charge >= 0.3 is 0 Å². The second-order valence-corrected chi connectivity index (χ2v) is 5.56. The first-order valence-electron chi connectivity index (χ1n) is 7.63. The van der Waals surface area contributed by atoms with Crippen molar-refractivity contribution < 1.29 is 14.9 Å². The Morgan fingerprint density at radius 3 is 2.70 bits per heavy atom. The number of rotatable bonds is 6. The molecule has 1 heterocycles. The summed E-state index contributed by atoms with van der Waals surface area (Å²) in [7, 11) is 0. The molecule has 2 N–H and O–H groups in total. The zero-order valence-electron chi connectivity index (χ0n) is 12.7. The fourth-order valence-corrected chi connectivity index (χ4v) is 2.46. The maximum absolute atomic E-state index is 10.0. The van der Waals surface area contributed by atoms with Gasteiger partial charge in [0.25, 0.3) is 0 Å². The van der Waals surface area contributed by atoms with Crippen LogP contribution in [0.4, 0.5) is 0 Å². The summed E-state index contributed by atoms with van der Waals surface area (Å²) >= 11 is 0. The fourth-order valence-electron chi connectivity index (χ4n) is 2.46. The first kappa shape index (κ1) is 15.3. The van der Waals surface area contributed by atoms with Crippen LogP contribution in [-0.4, -0.2) is 27.9 Å². The third-order valence-corrected chi connectivity index (χ3v) is 3.73. The van der Waals surface area contributed by atoms with E-state index in [0.717, 1.165) is 22.8 Å². The fraction of sp³-hybridized carbons (Fsp3) is 0.211. The third-order valence-electron chi connectivity index (χ3n) is 3.73. The molecule has 2 aromatic carbocycles. The third kappa shape index (κ3) is 4.20. The van der Waals surface area contributed by atoms with E-state index in [2.05, 4.69) is 4.98 Å². The van der Waals surface area contributed by atoms with Gasteiger partial charge in [0, 0.05) is 12.4 Å². The first-order chi connectivity index (χ1) is 11.2. The Morgan fingerprint density at radius 1 is 1.04 bits per heavy atom. The van der Waals surface area contributed by atoms with Gasteiger partial charge < -0.3 is 14.9 Å². The molecule has 3 aromatic rings. The van der Waals surface area contributed by atoms with E-state index >= 15 is 0 Å². The van der Waals surface area contributed by atoms with Gasteiger partial charge in [-0.3, -0.25) is 4.98 Å². The van der Waals surface area contributed by atoms with Crippen molar-refractivity contribution in [2.24, 2.45) is 0 Å². The molecular formula is C19H19NO3. The van der Waals surface area contributed by atoms with Crippen LogP contribution in [0.15, 0.2) is 60.9 Å². The van der Waals surface area contributed by atoms with Gasteiger partial charge in [0.2, 0.25) is 0 Å². The summed E-state index contributed by atoms with van der Waals surface area (Å²) in [5.74, 6) is 0.959. The molecule has 0 amide bonds. The molecule has 0 bridgehead atoms. The van der Waals surface area contributed by atoms with Crippen LogP contribution in [0.25, 0.3) is 10.8 Å². The van der Waals surface area contributed by atoms with Crippen LogP contribution in [-0.2, 0) is 6.42 Å². The Labute approximate surface area is 135 Å². The maximum atomic E-state index is 10.0. The van der Waals surface area contributed by atoms with Gasteiger partial charge in [0.1, 0.15) is 18.1 Å². The van der Waals surface area contributed by atoms with Crippen LogP contribution >= 0.6 is 0 Å². The number of aliphatic hydroxyl groups excluding tert-OH is 1. The lowest BCUT2D eigenvalue weighted by molar-refractivity contribution is 0.100. The molecule has 0 aliphatic carbocycles. The summed E-state index contributed by atoms with van der Waals surface area (Å²) < 4.78 is 5.67. The highest BCUT2D eigenvalue weighted by Crippen LogP contribution is 2.24. The van der Waals surface area contributed by atoms with Gasteiger partial charge in [-0.15, -0.1) is 0 Å². The van der Waals surface area contributed by atoms with Crippen LogP contribution in [0.5, 0.6) is 11.5 Å². The van der Waals surface area contributed by atoms with Crippen molar-refractivity contribution in [2.45, 2.75) is 18.9 Å². The molecule has 1 atom stereocenters. The lowest BCUT2D eigenvalue weighted by Crippen LogP contribution is -2.18. The quantitative estimate of drug-likeness (QED) is 0.733. The van der Waals surface area contributed by atoms with E-state index in [1.165, 1.54) is 0 Å². The van der Waals surface area contributed by atoms with Crippen LogP contribution < -0.4 is 4.74 Å². The van der Waals surface area contributed by atoms with Crippen molar-refractivity contribution in [1.29, 1.82) is 0 Å². The molecule has 0 saturated heterocycles. The van der Waals surface area contributed by atoms with Crippen molar-refractivity contribution in [3.63, 3.8) is 0 Å². The van der Waals surface area contributed by atoms with Crippen molar-refractivity contribution in [3.8, 4) is 11.5 Å². The van der Waals surface area contributed by atoms with Crippen molar-refractivity contribution >= 4 is 10.8 Å². The highest BCUT2D eigenvalue weighted by Gasteiger charge is 2.07. The van der Waals surface area contributed by atoms with E-state index < -0.39 is 6.10 Å². The Hall–Kier alpha value is -2.59. The van der Waals surface area contributed by atoms with Crippen LogP contribution in [0.1, 0.15) is 12.0 Å². The van der Waals surface area contributed by atoms with Gasteiger partial charge in [-0.05, 0) is 59.5 Å². The van der Waals surface area contributed by atoms with E-state index in [9.17, 15) is 10.2 Å². The molecule has 1 unspecified atom stereocenters. The van der Waals surface area contributed by atoms with E-state index in [1.807, 2.05) is 42.6 Å². The molecule has 0 spiro atoms. The SMILES string of the molecule is Oc1ccc2cc(OCC(O)CCc3cccnc3)ccc2c1. The van der Waals surface area contributed by atoms with Crippen molar-refractivity contribution in [2.75, 3.05) is 6.61 Å². The van der Waals surface area contributed by atoms with Gasteiger partial charge in [0.05, 0.1) is 6.10 Å². The predicted octanol–water partition coefficient (Wildman–Crippen LogP) is 3.31. The van der Waals surface area contributed by atoms with E-state index in [0.29, 0.717) is 12.2 Å². The summed E-state index contributed by atoms with van der Waals surface area (Å²) in [4.78, 5) is 4.06. The topological polar surface area (TPSA) is 62.6 Å². The number of hydrogen-bond acceptors (Lipinski definition) is 4. The van der Waals surface area contributed by atoms with Crippen molar-refractivity contribution in [3.05, 3.63) is 66.5 Å². The molecule has 1 aromatic heterocycles. The zero-order valence-corrected chi connectivity index (χ0v) is 12.7. The number of aromatic nitrogens is 1. The molecule has 4 nitrogen and oxygen atoms in total. The number of aryl methyl sites for hydroxylation is 1. The number of phenols is 1. The van der Waals surface area contributed by atoms with Crippen LogP contribution in [0.2, 0.25) is 0 Å². The predicted molar refractivity (Wildman–Crippen MR) is 89.7 cm³/mol. The van der Waals surface area contributed by atoms with Gasteiger partial charge in [-0.25, -0.2) is 0 Å². The average Bonchev–Trinajstić information content (AvgIpc) is 2.59. The summed E-state index contributed by atoms with van der Waals surface area (Å²) in [5, 5.41) is 21.4. The minimum Gasteiger partial charge on any atom is -0.508 e. The number of nitrogens with zero attached hydrogens (tertiary/aromatic N) is 1. The van der Waals surface area contributed by atoms with E-state index in [-0.39, 0.29) is 12.4 Å². The second-order valence-electron chi connectivity index (χ2n) is 5.56. The van der Waals surface area contributed by atoms with Gasteiger partial charge in [-0.1, -0.05) is 18.2 Å². The Bertz CT molecular complexity index is 774. The summed E-state index contributed by atoms with van der Waals surface area (Å²) in [5.41, 5.74) is 1.11. The Morgan fingerprint density at radius 2 is 1.87 bits per heavy atom. The molecule has 3 rings (SSSR count). The average molecular weight is 309 g/mol. The number of fused-ring (bicyclic) bond motifs is 1. The Kier molecular flexibility index (Phi) is 4.74. The van der Waals surface area contributed by atoms with E-state index in [4.69, 9.17) is 4.74 Å². The van der Waals surface area contributed by atoms with Crippen molar-refractivity contribution in [1.82, 2.24) is 4.98 Å². The Balaban J connectivity index is 1.54. The van der Waals surface area contributed by atoms with E-state index in [1.54, 1.807) is 18.3 Å². The number of phenolic OH excluding ortho intramolecular Hbond substituents is 1. The van der Waals surface area contributed by atoms with Crippen LogP contribution in [0, 0.1) is 0 Å². The summed E-state index contributed by atoms with van der Waals surface area (Å²) in [6.07, 6.45) is 4.43. The number of aromatic hydroxyl groups is 1. The molecule has 4 heteroatoms. The molecule has 118 valence electrons. The molecule has 0 saturated carbocycles. The lowest BCUT2D eigenvalue weighted by Gasteiger charge is -2.13. The second kappa shape index (κ2) is 7.11. The molecule has 0 radical (unpaired) electrons. The smallest absolute Gasteiger partial charge is 0.120 e. The minimum absolute atomic E-state index is 0.247. The maximum Gasteiger partial charge on any atom is 0.120 e. The number of pyridine rings is 1. The molecule has 23 heavy (non-hydrogen) atoms. The summed E-state index contributed by atoms with van der Waals surface area (Å²) in [6, 6.07) is 14.7. The van der Waals surface area contributed by atoms with Gasteiger partial charge in [-0.2, -0.15) is 0 Å². The number of benzene rings is 2. The lowest BCUT2D eigenvalue weighted by atomic mass is 10.1. The number of aliphatic hydroxyl groups is 1. The minimum atomic E-state index is -0.522. The van der Waals surface area contributed by atoms with Crippen LogP contribution in [0.3, 0.4) is 0 Å². The monoisotopic (exact) mass is 309 g/mol. The van der Waals surface area contributed by atoms with Gasteiger partial charge in [0.15, 0.2) is 0 Å². The molecular weight excluding hydrogens is 290 g/mol. The summed E-state index contributed by atoms with van der Waals surface area (Å²) in [6.45, 7) is 0.254. The highest BCUT2D eigenvalue weighted by molar-refractivity contribution is 5.85. The zero-order chi connectivity index (χ0) is 16.1. The molecule has 0 aliphatic rings. The molecule has 0 fully saturated rings. The molecule has 0 aliphatic heterocycles. The standard InChI is InChI=1S/C19H19NO3/c21-17-7-4-16-11-19(8-5-15(16)10-17)23-13-18(22)6-3-14-2-1-9-20-12-14/h1-2,4-5,7-12,18,21-22H,3,6,13H2. The first-order valence-corrected chi connectivity index (χ1v) is 7.63. The number of ether oxygens (including phenoxy) is 1. The normalized spacial score (nSPS) is 12.2. The largest absolute Gasteiger partial charge is 0.508 e. The number of hydrogen-bond donors (Lipinski definition) is 2. The highest BCUT2D eigenvalue weighted by atomic mass is 16.5.